The van der Waals surface area contributed by atoms with Crippen LogP contribution >= 0.6 is 0 Å². The van der Waals surface area contributed by atoms with Crippen LogP contribution in [-0.2, 0) is 17.8 Å². The molecule has 0 spiro atoms. The van der Waals surface area contributed by atoms with Gasteiger partial charge in [0.1, 0.15) is 6.61 Å². The molecule has 0 N–H and O–H groups in total. The van der Waals surface area contributed by atoms with Crippen LogP contribution in [0, 0.1) is 5.41 Å². The van der Waals surface area contributed by atoms with Crippen LogP contribution in [0.3, 0.4) is 0 Å². The van der Waals surface area contributed by atoms with Crippen LogP contribution in [0.1, 0.15) is 26.3 Å². The minimum absolute atomic E-state index is 0. The standard InChI is InChI=1S/C27H26NO5.BrH/c1-27(2,3)22(29)13-31-26-19-12-28-10-9-15-11-21-25(33-14-32-21)18-6-5-17(24(28)23(15)18)16(19)7-8-20(26)30-4;/h5-8,11-12H,9-10,13-14H2,1-4H3;1H/q+1;/p-1. The number of carbonyl (C=O) groups is 1. The van der Waals surface area contributed by atoms with Gasteiger partial charge in [0.25, 0.3) is 0 Å². The molecule has 0 amide bonds. The van der Waals surface area contributed by atoms with Gasteiger partial charge in [-0.15, -0.1) is 0 Å². The number of halogens is 1. The van der Waals surface area contributed by atoms with Crippen LogP contribution in [-0.4, -0.2) is 26.3 Å². The lowest BCUT2D eigenvalue weighted by molar-refractivity contribution is -0.670. The molecule has 0 bridgehead atoms. The lowest BCUT2D eigenvalue weighted by atomic mass is 9.91. The largest absolute Gasteiger partial charge is 1.00 e. The topological polar surface area (TPSA) is 57.9 Å². The third-order valence-electron chi connectivity index (χ3n) is 6.74. The van der Waals surface area contributed by atoms with Gasteiger partial charge in [-0.3, -0.25) is 4.79 Å². The summed E-state index contributed by atoms with van der Waals surface area (Å²) in [5, 5.41) is 5.43. The molecule has 176 valence electrons. The number of hydrogen-bond donors (Lipinski definition) is 0. The minimum atomic E-state index is -0.466. The number of rotatable bonds is 4. The number of ether oxygens (including phenoxy) is 4. The first-order valence-corrected chi connectivity index (χ1v) is 11.2. The van der Waals surface area contributed by atoms with Gasteiger partial charge in [-0.25, -0.2) is 0 Å². The second kappa shape index (κ2) is 8.01. The molecule has 0 radical (unpaired) electrons. The molecule has 2 aliphatic heterocycles. The molecule has 1 aromatic heterocycles. The Hall–Kier alpha value is -3.06. The first kappa shape index (κ1) is 22.7. The summed E-state index contributed by atoms with van der Waals surface area (Å²) in [6.45, 7) is 6.82. The van der Waals surface area contributed by atoms with Gasteiger partial charge < -0.3 is 35.9 Å². The first-order valence-electron chi connectivity index (χ1n) is 11.2. The van der Waals surface area contributed by atoms with Crippen molar-refractivity contribution in [1.29, 1.82) is 0 Å². The SMILES string of the molecule is COc1ccc2c(c[n+]3c4c2ccc2c5c(cc(c24)CC3)OCO5)c1OCC(=O)C(C)(C)C.[Br-]. The van der Waals surface area contributed by atoms with Gasteiger partial charge in [-0.2, -0.15) is 4.57 Å². The van der Waals surface area contributed by atoms with Crippen molar-refractivity contribution in [3.8, 4) is 23.0 Å². The number of ketones is 1. The molecule has 4 aromatic rings. The molecule has 0 atom stereocenters. The van der Waals surface area contributed by atoms with Crippen molar-refractivity contribution in [2.24, 2.45) is 5.41 Å². The van der Waals surface area contributed by atoms with Crippen molar-refractivity contribution >= 4 is 38.2 Å². The Morgan fingerprint density at radius 1 is 1.06 bits per heavy atom. The fourth-order valence-electron chi connectivity index (χ4n) is 4.90. The molecular weight excluding hydrogens is 498 g/mol. The number of aromatic nitrogens is 1. The quantitative estimate of drug-likeness (QED) is 0.301. The maximum Gasteiger partial charge on any atom is 0.231 e. The fraction of sp³-hybridized carbons (Fsp3) is 0.333. The van der Waals surface area contributed by atoms with E-state index in [1.165, 1.54) is 16.5 Å². The molecule has 6 rings (SSSR count). The van der Waals surface area contributed by atoms with E-state index < -0.39 is 5.41 Å². The fourth-order valence-corrected chi connectivity index (χ4v) is 4.90. The van der Waals surface area contributed by atoms with E-state index >= 15 is 0 Å². The van der Waals surface area contributed by atoms with E-state index in [1.54, 1.807) is 7.11 Å². The monoisotopic (exact) mass is 523 g/mol. The van der Waals surface area contributed by atoms with E-state index in [0.717, 1.165) is 46.0 Å². The highest BCUT2D eigenvalue weighted by Crippen LogP contribution is 2.46. The van der Waals surface area contributed by atoms with Crippen LogP contribution in [0.15, 0.2) is 36.5 Å². The predicted molar refractivity (Wildman–Crippen MR) is 125 cm³/mol. The molecule has 0 saturated heterocycles. The van der Waals surface area contributed by atoms with Crippen molar-refractivity contribution in [1.82, 2.24) is 0 Å². The number of aryl methyl sites for hydroxylation is 2. The van der Waals surface area contributed by atoms with Crippen LogP contribution in [0.4, 0.5) is 0 Å². The van der Waals surface area contributed by atoms with E-state index in [1.807, 2.05) is 26.8 Å². The van der Waals surface area contributed by atoms with Gasteiger partial charge in [0, 0.05) is 22.6 Å². The Balaban J connectivity index is 0.00000241. The Kier molecular flexibility index (Phi) is 5.35. The molecule has 34 heavy (non-hydrogen) atoms. The molecule has 0 aliphatic carbocycles. The van der Waals surface area contributed by atoms with Gasteiger partial charge in [-0.1, -0.05) is 20.8 Å². The first-order chi connectivity index (χ1) is 15.9. The second-order valence-electron chi connectivity index (χ2n) is 9.75. The van der Waals surface area contributed by atoms with Crippen LogP contribution in [0.25, 0.3) is 32.4 Å². The maximum absolute atomic E-state index is 12.6. The molecule has 2 aliphatic rings. The third kappa shape index (κ3) is 3.28. The number of benzene rings is 3. The molecule has 0 unspecified atom stereocenters. The number of nitrogens with zero attached hydrogens (tertiary/aromatic N) is 1. The summed E-state index contributed by atoms with van der Waals surface area (Å²) >= 11 is 0. The average molecular weight is 524 g/mol. The van der Waals surface area contributed by atoms with Crippen molar-refractivity contribution in [3.63, 3.8) is 0 Å². The highest BCUT2D eigenvalue weighted by atomic mass is 79.9. The van der Waals surface area contributed by atoms with Gasteiger partial charge in [-0.05, 0) is 35.9 Å². The molecule has 7 heteroatoms. The molecule has 6 nitrogen and oxygen atoms in total. The Morgan fingerprint density at radius 2 is 1.82 bits per heavy atom. The summed E-state index contributed by atoms with van der Waals surface area (Å²) in [7, 11) is 1.63. The molecule has 3 heterocycles. The Labute approximate surface area is 208 Å². The number of hydrogen-bond acceptors (Lipinski definition) is 5. The van der Waals surface area contributed by atoms with Crippen molar-refractivity contribution < 1.29 is 45.3 Å². The van der Waals surface area contributed by atoms with Crippen LogP contribution in [0.5, 0.6) is 23.0 Å². The van der Waals surface area contributed by atoms with Crippen molar-refractivity contribution in [2.75, 3.05) is 20.5 Å². The zero-order chi connectivity index (χ0) is 22.9. The molecular formula is C27H26BrNO5. The summed E-state index contributed by atoms with van der Waals surface area (Å²) < 4.78 is 25.5. The predicted octanol–water partition coefficient (Wildman–Crippen LogP) is 1.73. The molecule has 0 fully saturated rings. The summed E-state index contributed by atoms with van der Waals surface area (Å²) in [6.07, 6.45) is 3.03. The van der Waals surface area contributed by atoms with E-state index in [-0.39, 0.29) is 36.2 Å². The zero-order valence-electron chi connectivity index (χ0n) is 19.7. The molecule has 0 saturated carbocycles. The van der Waals surface area contributed by atoms with Crippen LogP contribution < -0.4 is 40.5 Å². The van der Waals surface area contributed by atoms with Crippen molar-refractivity contribution in [3.05, 3.63) is 42.1 Å². The number of carbonyl (C=O) groups excluding carboxylic acids is 1. The van der Waals surface area contributed by atoms with Gasteiger partial charge >= 0.3 is 0 Å². The Bertz CT molecular complexity index is 1490. The van der Waals surface area contributed by atoms with Gasteiger partial charge in [0.15, 0.2) is 41.5 Å². The normalized spacial score (nSPS) is 14.0. The zero-order valence-corrected chi connectivity index (χ0v) is 21.2. The van der Waals surface area contributed by atoms with Crippen LogP contribution in [0.2, 0.25) is 0 Å². The van der Waals surface area contributed by atoms with Crippen molar-refractivity contribution in [2.45, 2.75) is 33.7 Å². The minimum Gasteiger partial charge on any atom is -1.00 e. The molecule has 3 aromatic carbocycles. The highest BCUT2D eigenvalue weighted by Gasteiger charge is 2.30. The van der Waals surface area contributed by atoms with E-state index in [9.17, 15) is 4.79 Å². The Morgan fingerprint density at radius 3 is 2.59 bits per heavy atom. The summed E-state index contributed by atoms with van der Waals surface area (Å²) in [6, 6.07) is 10.4. The summed E-state index contributed by atoms with van der Waals surface area (Å²) in [5.41, 5.74) is 1.99. The van der Waals surface area contributed by atoms with E-state index in [4.69, 9.17) is 18.9 Å². The lowest BCUT2D eigenvalue weighted by Gasteiger charge is -2.20. The number of methoxy groups -OCH3 is 1. The summed E-state index contributed by atoms with van der Waals surface area (Å²) in [4.78, 5) is 12.6. The summed E-state index contributed by atoms with van der Waals surface area (Å²) in [5.74, 6) is 2.92. The maximum atomic E-state index is 12.6. The lowest BCUT2D eigenvalue weighted by Crippen LogP contribution is -3.00. The van der Waals surface area contributed by atoms with Gasteiger partial charge in [0.05, 0.1) is 23.3 Å². The second-order valence-corrected chi connectivity index (χ2v) is 9.75. The van der Waals surface area contributed by atoms with E-state index in [2.05, 4.69) is 35.0 Å². The van der Waals surface area contributed by atoms with E-state index in [0.29, 0.717) is 11.5 Å². The number of Topliss-reactive ketones (excluding diaryl/α,β-unsaturated/α-hetero) is 1. The number of pyridine rings is 1. The highest BCUT2D eigenvalue weighted by molar-refractivity contribution is 6.17. The average Bonchev–Trinajstić information content (AvgIpc) is 3.28. The number of fused-ring (bicyclic) bond motifs is 4. The third-order valence-corrected chi connectivity index (χ3v) is 6.74. The smallest absolute Gasteiger partial charge is 0.231 e. The van der Waals surface area contributed by atoms with Gasteiger partial charge in [0.2, 0.25) is 12.3 Å².